The molecule has 0 spiro atoms. The molecule has 2 N–H and O–H groups in total. The van der Waals surface area contributed by atoms with E-state index in [-0.39, 0.29) is 41.6 Å². The van der Waals surface area contributed by atoms with Crippen molar-refractivity contribution in [2.45, 2.75) is 19.3 Å². The van der Waals surface area contributed by atoms with E-state index in [2.05, 4.69) is 15.0 Å². The smallest absolute Gasteiger partial charge is 0.329 e. The first-order valence-electron chi connectivity index (χ1n) is 10.3. The fourth-order valence-corrected chi connectivity index (χ4v) is 3.75. The molecule has 2 amide bonds. The monoisotopic (exact) mass is 442 g/mol. The Morgan fingerprint density at radius 3 is 2.28 bits per heavy atom. The summed E-state index contributed by atoms with van der Waals surface area (Å²) in [4.78, 5) is 61.4. The van der Waals surface area contributed by atoms with Crippen LogP contribution in [0.2, 0.25) is 0 Å². The second kappa shape index (κ2) is 8.77. The van der Waals surface area contributed by atoms with E-state index < -0.39 is 11.2 Å². The zero-order valence-electron chi connectivity index (χ0n) is 17.6. The summed E-state index contributed by atoms with van der Waals surface area (Å²) >= 11 is 0. The molecule has 0 aliphatic carbocycles. The van der Waals surface area contributed by atoms with Crippen LogP contribution in [-0.4, -0.2) is 67.3 Å². The lowest BCUT2D eigenvalue weighted by atomic mass is 10.1. The summed E-state index contributed by atoms with van der Waals surface area (Å²) in [5.41, 5.74) is 0.0902. The minimum atomic E-state index is -0.552. The zero-order valence-corrected chi connectivity index (χ0v) is 17.6. The fraction of sp³-hybridized carbons (Fsp3) is 0.381. The van der Waals surface area contributed by atoms with Crippen molar-refractivity contribution in [2.24, 2.45) is 7.05 Å². The van der Waals surface area contributed by atoms with E-state index in [9.17, 15) is 23.6 Å². The van der Waals surface area contributed by atoms with Crippen LogP contribution in [0.5, 0.6) is 0 Å². The molecule has 3 heterocycles. The van der Waals surface area contributed by atoms with Crippen LogP contribution in [0, 0.1) is 5.82 Å². The van der Waals surface area contributed by atoms with Crippen LogP contribution < -0.4 is 11.2 Å². The molecule has 168 valence electrons. The predicted molar refractivity (Wildman–Crippen MR) is 114 cm³/mol. The van der Waals surface area contributed by atoms with Gasteiger partial charge in [0.25, 0.3) is 5.56 Å². The maximum Gasteiger partial charge on any atom is 0.329 e. The highest BCUT2D eigenvalue weighted by Crippen LogP contribution is 2.11. The number of nitrogens with one attached hydrogen (secondary N) is 2. The maximum atomic E-state index is 13.0. The lowest BCUT2D eigenvalue weighted by Crippen LogP contribution is -2.51. The number of aromatic nitrogens is 4. The molecule has 1 saturated heterocycles. The number of carbonyl (C=O) groups is 2. The van der Waals surface area contributed by atoms with Gasteiger partial charge in [0.2, 0.25) is 11.8 Å². The zero-order chi connectivity index (χ0) is 22.8. The van der Waals surface area contributed by atoms with Gasteiger partial charge in [0.05, 0.1) is 6.42 Å². The number of carbonyl (C=O) groups excluding carboxylic acids is 2. The van der Waals surface area contributed by atoms with E-state index in [0.717, 1.165) is 5.56 Å². The molecule has 0 saturated carbocycles. The maximum absolute atomic E-state index is 13.0. The lowest BCUT2D eigenvalue weighted by Gasteiger charge is -2.35. The first kappa shape index (κ1) is 21.5. The molecular formula is C21H23FN6O4. The molecule has 2 aromatic heterocycles. The van der Waals surface area contributed by atoms with E-state index in [1.54, 1.807) is 21.9 Å². The van der Waals surface area contributed by atoms with Gasteiger partial charge in [0, 0.05) is 46.1 Å². The highest BCUT2D eigenvalue weighted by atomic mass is 19.1. The van der Waals surface area contributed by atoms with Gasteiger partial charge in [-0.05, 0) is 17.7 Å². The molecule has 1 aliphatic rings. The molecule has 0 unspecified atom stereocenters. The Balaban J connectivity index is 1.30. The number of amides is 2. The average Bonchev–Trinajstić information content (AvgIpc) is 3.23. The van der Waals surface area contributed by atoms with Crippen LogP contribution in [0.15, 0.2) is 33.9 Å². The summed E-state index contributed by atoms with van der Waals surface area (Å²) in [6.07, 6.45) is 0.683. The van der Waals surface area contributed by atoms with Gasteiger partial charge < -0.3 is 14.8 Å². The summed E-state index contributed by atoms with van der Waals surface area (Å²) < 4.78 is 14.2. The molecule has 0 bridgehead atoms. The Bertz CT molecular complexity index is 1270. The average molecular weight is 442 g/mol. The molecule has 0 atom stereocenters. The van der Waals surface area contributed by atoms with Gasteiger partial charge in [-0.2, -0.15) is 0 Å². The number of H-pyrrole nitrogens is 2. The Morgan fingerprint density at radius 2 is 1.62 bits per heavy atom. The van der Waals surface area contributed by atoms with Gasteiger partial charge in [-0.1, -0.05) is 12.1 Å². The largest absolute Gasteiger partial charge is 0.339 e. The predicted octanol–water partition coefficient (Wildman–Crippen LogP) is -0.0649. The van der Waals surface area contributed by atoms with Gasteiger partial charge in [0.1, 0.15) is 17.2 Å². The molecule has 0 radical (unpaired) electrons. The van der Waals surface area contributed by atoms with Crippen LogP contribution in [0.3, 0.4) is 0 Å². The van der Waals surface area contributed by atoms with Gasteiger partial charge >= 0.3 is 5.69 Å². The summed E-state index contributed by atoms with van der Waals surface area (Å²) in [6, 6.07) is 5.85. The SMILES string of the molecule is Cn1c(=O)[nH]c(=O)c2[nH]c(CCC(=O)N3CCN(C(=O)Cc4ccc(F)cc4)CC3)nc21. The second-order valence-corrected chi connectivity index (χ2v) is 7.77. The quantitative estimate of drug-likeness (QED) is 0.573. The van der Waals surface area contributed by atoms with Crippen LogP contribution >= 0.6 is 0 Å². The summed E-state index contributed by atoms with van der Waals surface area (Å²) in [5, 5.41) is 0. The Labute approximate surface area is 181 Å². The number of piperazine rings is 1. The van der Waals surface area contributed by atoms with Crippen molar-refractivity contribution < 1.29 is 14.0 Å². The van der Waals surface area contributed by atoms with E-state index in [0.29, 0.717) is 38.4 Å². The van der Waals surface area contributed by atoms with Crippen molar-refractivity contribution in [1.29, 1.82) is 0 Å². The first-order valence-corrected chi connectivity index (χ1v) is 10.3. The molecule has 1 aliphatic heterocycles. The first-order chi connectivity index (χ1) is 15.3. The Hall–Kier alpha value is -3.76. The number of hydrogen-bond donors (Lipinski definition) is 2. The van der Waals surface area contributed by atoms with E-state index in [1.165, 1.54) is 23.7 Å². The number of halogens is 1. The highest BCUT2D eigenvalue weighted by molar-refractivity contribution is 5.80. The van der Waals surface area contributed by atoms with Crippen molar-refractivity contribution in [3.05, 3.63) is 62.3 Å². The number of rotatable bonds is 5. The fourth-order valence-electron chi connectivity index (χ4n) is 3.75. The van der Waals surface area contributed by atoms with Crippen molar-refractivity contribution in [3.8, 4) is 0 Å². The molecule has 1 fully saturated rings. The van der Waals surface area contributed by atoms with Crippen molar-refractivity contribution in [3.63, 3.8) is 0 Å². The van der Waals surface area contributed by atoms with Gasteiger partial charge in [-0.3, -0.25) is 23.9 Å². The van der Waals surface area contributed by atoms with Crippen molar-refractivity contribution >= 4 is 23.0 Å². The van der Waals surface area contributed by atoms with E-state index in [1.807, 2.05) is 0 Å². The number of aryl methyl sites for hydroxylation is 2. The number of aromatic amines is 2. The molecule has 10 nitrogen and oxygen atoms in total. The van der Waals surface area contributed by atoms with E-state index >= 15 is 0 Å². The standard InChI is InChI=1S/C21H23FN6O4/c1-26-19-18(20(31)25-21(26)32)23-15(24-19)6-7-16(29)27-8-10-28(11-9-27)17(30)12-13-2-4-14(22)5-3-13/h2-5H,6-12H2,1H3,(H,23,24)(H,25,31,32). The van der Waals surface area contributed by atoms with Crippen LogP contribution in [0.25, 0.3) is 11.2 Å². The number of nitrogens with zero attached hydrogens (tertiary/aromatic N) is 4. The third-order valence-corrected chi connectivity index (χ3v) is 5.63. The van der Waals surface area contributed by atoms with Gasteiger partial charge in [-0.25, -0.2) is 14.2 Å². The van der Waals surface area contributed by atoms with Crippen molar-refractivity contribution in [1.82, 2.24) is 29.3 Å². The van der Waals surface area contributed by atoms with Crippen LogP contribution in [0.4, 0.5) is 4.39 Å². The number of benzene rings is 1. The minimum absolute atomic E-state index is 0.0539. The molecule has 1 aromatic carbocycles. The molecule has 3 aromatic rings. The third kappa shape index (κ3) is 4.46. The van der Waals surface area contributed by atoms with Gasteiger partial charge in [-0.15, -0.1) is 0 Å². The summed E-state index contributed by atoms with van der Waals surface area (Å²) in [7, 11) is 1.51. The second-order valence-electron chi connectivity index (χ2n) is 7.77. The highest BCUT2D eigenvalue weighted by Gasteiger charge is 2.24. The van der Waals surface area contributed by atoms with E-state index in [4.69, 9.17) is 0 Å². The third-order valence-electron chi connectivity index (χ3n) is 5.63. The summed E-state index contributed by atoms with van der Waals surface area (Å²) in [5.74, 6) is -0.0133. The normalized spacial score (nSPS) is 14.2. The Morgan fingerprint density at radius 1 is 1.00 bits per heavy atom. The lowest BCUT2D eigenvalue weighted by molar-refractivity contribution is -0.139. The molecular weight excluding hydrogens is 419 g/mol. The number of fused-ring (bicyclic) bond motifs is 1. The molecule has 32 heavy (non-hydrogen) atoms. The van der Waals surface area contributed by atoms with Crippen LogP contribution in [0.1, 0.15) is 17.8 Å². The number of imidazole rings is 1. The Kier molecular flexibility index (Phi) is 5.89. The number of hydrogen-bond acceptors (Lipinski definition) is 5. The molecule has 11 heteroatoms. The minimum Gasteiger partial charge on any atom is -0.339 e. The van der Waals surface area contributed by atoms with Crippen molar-refractivity contribution in [2.75, 3.05) is 26.2 Å². The van der Waals surface area contributed by atoms with Crippen LogP contribution in [-0.2, 0) is 29.5 Å². The summed E-state index contributed by atoms with van der Waals surface area (Å²) in [6.45, 7) is 1.74. The van der Waals surface area contributed by atoms with Gasteiger partial charge in [0.15, 0.2) is 5.65 Å². The molecule has 4 rings (SSSR count). The topological polar surface area (TPSA) is 124 Å².